The fraction of sp³-hybridized carbons (Fsp3) is 0.857. The highest BCUT2D eigenvalue weighted by atomic mass is 16.5. The average molecular weight is 143 g/mol. The third-order valence-electron chi connectivity index (χ3n) is 1.62. The van der Waals surface area contributed by atoms with Crippen LogP contribution in [-0.4, -0.2) is 25.2 Å². The molecule has 1 aliphatic rings. The molecule has 1 heterocycles. The van der Waals surface area contributed by atoms with Crippen LogP contribution < -0.4 is 5.32 Å². The van der Waals surface area contributed by atoms with Crippen molar-refractivity contribution >= 4 is 5.91 Å². The predicted octanol–water partition coefficient (Wildman–Crippen LogP) is 0.301. The van der Waals surface area contributed by atoms with E-state index in [1.54, 1.807) is 0 Å². The molecule has 3 nitrogen and oxygen atoms in total. The second-order valence-electron chi connectivity index (χ2n) is 2.48. The first-order chi connectivity index (χ1) is 4.83. The summed E-state index contributed by atoms with van der Waals surface area (Å²) in [4.78, 5) is 10.8. The zero-order chi connectivity index (χ0) is 7.40. The molecule has 0 aromatic carbocycles. The van der Waals surface area contributed by atoms with Crippen LogP contribution in [-0.2, 0) is 9.53 Å². The Bertz CT molecular complexity index is 119. The minimum Gasteiger partial charge on any atom is -0.379 e. The van der Waals surface area contributed by atoms with Crippen molar-refractivity contribution in [2.75, 3.05) is 13.2 Å². The first kappa shape index (κ1) is 7.54. The van der Waals surface area contributed by atoms with Crippen molar-refractivity contribution in [3.8, 4) is 0 Å². The lowest BCUT2D eigenvalue weighted by molar-refractivity contribution is -0.121. The highest BCUT2D eigenvalue weighted by Gasteiger charge is 2.16. The zero-order valence-electron chi connectivity index (χ0n) is 6.22. The Morgan fingerprint density at radius 3 is 3.10 bits per heavy atom. The number of carbonyl (C=O) groups is 1. The van der Waals surface area contributed by atoms with Crippen molar-refractivity contribution in [1.29, 1.82) is 0 Å². The predicted molar refractivity (Wildman–Crippen MR) is 37.7 cm³/mol. The van der Waals surface area contributed by atoms with Gasteiger partial charge in [0.15, 0.2) is 0 Å². The van der Waals surface area contributed by atoms with Crippen molar-refractivity contribution in [1.82, 2.24) is 5.32 Å². The van der Waals surface area contributed by atoms with E-state index in [2.05, 4.69) is 5.32 Å². The van der Waals surface area contributed by atoms with Gasteiger partial charge in [-0.2, -0.15) is 0 Å². The van der Waals surface area contributed by atoms with E-state index in [-0.39, 0.29) is 11.9 Å². The Labute approximate surface area is 60.7 Å². The molecule has 1 N–H and O–H groups in total. The van der Waals surface area contributed by atoms with E-state index in [9.17, 15) is 4.79 Å². The van der Waals surface area contributed by atoms with Crippen LogP contribution in [0.1, 0.15) is 19.8 Å². The van der Waals surface area contributed by atoms with Gasteiger partial charge in [0.2, 0.25) is 5.91 Å². The summed E-state index contributed by atoms with van der Waals surface area (Å²) < 4.78 is 5.09. The summed E-state index contributed by atoms with van der Waals surface area (Å²) >= 11 is 0. The summed E-state index contributed by atoms with van der Waals surface area (Å²) in [5.41, 5.74) is 0. The molecule has 0 saturated carbocycles. The van der Waals surface area contributed by atoms with E-state index >= 15 is 0 Å². The smallest absolute Gasteiger partial charge is 0.220 e. The Morgan fingerprint density at radius 1 is 1.80 bits per heavy atom. The number of hydrogen-bond donors (Lipinski definition) is 1. The molecule has 10 heavy (non-hydrogen) atoms. The molecule has 1 rings (SSSR count). The van der Waals surface area contributed by atoms with E-state index in [4.69, 9.17) is 4.74 Å². The molecule has 1 atom stereocenters. The van der Waals surface area contributed by atoms with E-state index in [1.807, 2.05) is 6.92 Å². The summed E-state index contributed by atoms with van der Waals surface area (Å²) in [5.74, 6) is 0.121. The Morgan fingerprint density at radius 2 is 2.60 bits per heavy atom. The van der Waals surface area contributed by atoms with Crippen molar-refractivity contribution in [2.45, 2.75) is 25.8 Å². The van der Waals surface area contributed by atoms with Crippen LogP contribution in [0.15, 0.2) is 0 Å². The topological polar surface area (TPSA) is 38.3 Å². The molecule has 1 aliphatic heterocycles. The van der Waals surface area contributed by atoms with Gasteiger partial charge in [-0.3, -0.25) is 4.79 Å². The maximum Gasteiger partial charge on any atom is 0.220 e. The number of ether oxygens (including phenoxy) is 1. The summed E-state index contributed by atoms with van der Waals surface area (Å²) in [6.45, 7) is 3.32. The SMILES string of the molecule is CCC(=O)NC1CCOC1. The monoisotopic (exact) mass is 143 g/mol. The molecule has 58 valence electrons. The summed E-state index contributed by atoms with van der Waals surface area (Å²) in [7, 11) is 0. The second kappa shape index (κ2) is 3.56. The number of carbonyl (C=O) groups excluding carboxylic acids is 1. The number of hydrogen-bond acceptors (Lipinski definition) is 2. The molecular weight excluding hydrogens is 130 g/mol. The molecule has 0 aromatic heterocycles. The maximum atomic E-state index is 10.8. The third-order valence-corrected chi connectivity index (χ3v) is 1.62. The quantitative estimate of drug-likeness (QED) is 0.603. The third kappa shape index (κ3) is 1.99. The molecule has 1 fully saturated rings. The fourth-order valence-electron chi connectivity index (χ4n) is 0.978. The lowest BCUT2D eigenvalue weighted by Gasteiger charge is -2.08. The molecular formula is C7H13NO2. The molecule has 1 saturated heterocycles. The largest absolute Gasteiger partial charge is 0.379 e. The Hall–Kier alpha value is -0.570. The van der Waals surface area contributed by atoms with Crippen LogP contribution in [0.2, 0.25) is 0 Å². The minimum absolute atomic E-state index is 0.121. The van der Waals surface area contributed by atoms with Crippen molar-refractivity contribution in [3.63, 3.8) is 0 Å². The fourth-order valence-corrected chi connectivity index (χ4v) is 0.978. The van der Waals surface area contributed by atoms with E-state index in [0.29, 0.717) is 13.0 Å². The maximum absolute atomic E-state index is 10.8. The Kier molecular flexibility index (Phi) is 2.68. The molecule has 1 amide bonds. The van der Waals surface area contributed by atoms with Crippen molar-refractivity contribution in [3.05, 3.63) is 0 Å². The van der Waals surface area contributed by atoms with E-state index in [1.165, 1.54) is 0 Å². The van der Waals surface area contributed by atoms with Crippen LogP contribution in [0.3, 0.4) is 0 Å². The van der Waals surface area contributed by atoms with Crippen LogP contribution in [0.25, 0.3) is 0 Å². The van der Waals surface area contributed by atoms with Gasteiger partial charge < -0.3 is 10.1 Å². The van der Waals surface area contributed by atoms with Crippen LogP contribution >= 0.6 is 0 Å². The van der Waals surface area contributed by atoms with Gasteiger partial charge >= 0.3 is 0 Å². The zero-order valence-corrected chi connectivity index (χ0v) is 6.22. The molecule has 0 radical (unpaired) electrons. The first-order valence-corrected chi connectivity index (χ1v) is 3.70. The van der Waals surface area contributed by atoms with Crippen molar-refractivity contribution < 1.29 is 9.53 Å². The average Bonchev–Trinajstić information content (AvgIpc) is 2.40. The van der Waals surface area contributed by atoms with Gasteiger partial charge in [0.1, 0.15) is 0 Å². The molecule has 0 aliphatic carbocycles. The molecule has 3 heteroatoms. The van der Waals surface area contributed by atoms with Gasteiger partial charge in [-0.05, 0) is 6.42 Å². The molecule has 1 unspecified atom stereocenters. The van der Waals surface area contributed by atoms with E-state index < -0.39 is 0 Å². The van der Waals surface area contributed by atoms with Crippen LogP contribution in [0.5, 0.6) is 0 Å². The van der Waals surface area contributed by atoms with Crippen LogP contribution in [0.4, 0.5) is 0 Å². The summed E-state index contributed by atoms with van der Waals surface area (Å²) in [5, 5.41) is 2.86. The summed E-state index contributed by atoms with van der Waals surface area (Å²) in [6, 6.07) is 0.271. The molecule has 0 spiro atoms. The highest BCUT2D eigenvalue weighted by molar-refractivity contribution is 5.75. The minimum atomic E-state index is 0.121. The van der Waals surface area contributed by atoms with Gasteiger partial charge in [-0.15, -0.1) is 0 Å². The lowest BCUT2D eigenvalue weighted by atomic mass is 10.2. The number of amides is 1. The van der Waals surface area contributed by atoms with E-state index in [0.717, 1.165) is 13.0 Å². The van der Waals surface area contributed by atoms with Gasteiger partial charge in [-0.25, -0.2) is 0 Å². The number of nitrogens with one attached hydrogen (secondary N) is 1. The number of rotatable bonds is 2. The standard InChI is InChI=1S/C7H13NO2/c1-2-7(9)8-6-3-4-10-5-6/h6H,2-5H2,1H3,(H,8,9). The Balaban J connectivity index is 2.17. The van der Waals surface area contributed by atoms with Crippen LogP contribution in [0, 0.1) is 0 Å². The second-order valence-corrected chi connectivity index (χ2v) is 2.48. The van der Waals surface area contributed by atoms with Gasteiger partial charge in [0, 0.05) is 13.0 Å². The normalized spacial score (nSPS) is 24.7. The highest BCUT2D eigenvalue weighted by Crippen LogP contribution is 2.02. The van der Waals surface area contributed by atoms with Gasteiger partial charge in [0.05, 0.1) is 12.6 Å². The van der Waals surface area contributed by atoms with Gasteiger partial charge in [0.25, 0.3) is 0 Å². The summed E-state index contributed by atoms with van der Waals surface area (Å²) in [6.07, 6.45) is 1.53. The molecule has 0 bridgehead atoms. The van der Waals surface area contributed by atoms with Crippen molar-refractivity contribution in [2.24, 2.45) is 0 Å². The lowest BCUT2D eigenvalue weighted by Crippen LogP contribution is -2.34. The van der Waals surface area contributed by atoms with Gasteiger partial charge in [-0.1, -0.05) is 6.92 Å². The molecule has 0 aromatic rings. The first-order valence-electron chi connectivity index (χ1n) is 3.70.